The number of rotatable bonds is 9. The highest BCUT2D eigenvalue weighted by atomic mass is 16.5. The summed E-state index contributed by atoms with van der Waals surface area (Å²) in [5.41, 5.74) is 0.834. The van der Waals surface area contributed by atoms with Crippen LogP contribution in [0.4, 0.5) is 0 Å². The van der Waals surface area contributed by atoms with Gasteiger partial charge in [-0.3, -0.25) is 4.79 Å². The number of methoxy groups -OCH3 is 1. The van der Waals surface area contributed by atoms with Crippen LogP contribution in [0.15, 0.2) is 28.7 Å². The van der Waals surface area contributed by atoms with E-state index in [0.29, 0.717) is 47.4 Å². The molecule has 1 heterocycles. The van der Waals surface area contributed by atoms with E-state index in [9.17, 15) is 9.59 Å². The Kier molecular flexibility index (Phi) is 7.49. The number of aryl methyl sites for hydroxylation is 1. The smallest absolute Gasteiger partial charge is 0.341 e. The van der Waals surface area contributed by atoms with Crippen LogP contribution in [0.25, 0.3) is 0 Å². The van der Waals surface area contributed by atoms with E-state index in [0.717, 1.165) is 6.42 Å². The van der Waals surface area contributed by atoms with Crippen molar-refractivity contribution in [1.82, 2.24) is 4.90 Å². The first-order valence-corrected chi connectivity index (χ1v) is 9.23. The van der Waals surface area contributed by atoms with E-state index < -0.39 is 5.97 Å². The molecule has 0 saturated heterocycles. The fraction of sp³-hybridized carbons (Fsp3) is 0.429. The van der Waals surface area contributed by atoms with Crippen LogP contribution in [-0.4, -0.2) is 44.1 Å². The SMILES string of the molecule is CCCOc1ccc(C(=O)N(C)Cc2cc(C(=O)OC)c(C)o2)cc1OCC. The summed E-state index contributed by atoms with van der Waals surface area (Å²) in [5.74, 6) is 1.45. The third kappa shape index (κ3) is 5.06. The molecule has 0 aliphatic heterocycles. The molecule has 0 aliphatic carbocycles. The summed E-state index contributed by atoms with van der Waals surface area (Å²) < 4.78 is 21.6. The highest BCUT2D eigenvalue weighted by molar-refractivity contribution is 5.95. The van der Waals surface area contributed by atoms with Gasteiger partial charge >= 0.3 is 5.97 Å². The molecular weight excluding hydrogens is 362 g/mol. The number of ether oxygens (including phenoxy) is 3. The zero-order valence-electron chi connectivity index (χ0n) is 17.0. The summed E-state index contributed by atoms with van der Waals surface area (Å²) >= 11 is 0. The minimum atomic E-state index is -0.467. The number of amides is 1. The molecule has 7 nitrogen and oxygen atoms in total. The van der Waals surface area contributed by atoms with Gasteiger partial charge in [-0.1, -0.05) is 6.92 Å². The van der Waals surface area contributed by atoms with Gasteiger partial charge in [0.1, 0.15) is 17.1 Å². The molecule has 0 unspecified atom stereocenters. The second kappa shape index (κ2) is 9.82. The first kappa shape index (κ1) is 21.3. The fourth-order valence-electron chi connectivity index (χ4n) is 2.70. The number of carbonyl (C=O) groups is 2. The monoisotopic (exact) mass is 389 g/mol. The second-order valence-electron chi connectivity index (χ2n) is 6.28. The molecule has 0 bridgehead atoms. The van der Waals surface area contributed by atoms with Crippen LogP contribution in [0.5, 0.6) is 11.5 Å². The fourth-order valence-corrected chi connectivity index (χ4v) is 2.70. The number of benzene rings is 1. The standard InChI is InChI=1S/C21H27NO6/c1-6-10-27-18-9-8-15(11-19(18)26-7-2)20(23)22(4)13-16-12-17(14(3)28-16)21(24)25-5/h8-9,11-12H,6-7,10,13H2,1-5H3. The number of hydrogen-bond donors (Lipinski definition) is 0. The van der Waals surface area contributed by atoms with Crippen molar-refractivity contribution in [3.05, 3.63) is 46.9 Å². The van der Waals surface area contributed by atoms with E-state index in [1.807, 2.05) is 13.8 Å². The van der Waals surface area contributed by atoms with Gasteiger partial charge < -0.3 is 23.5 Å². The number of hydrogen-bond acceptors (Lipinski definition) is 6. The lowest BCUT2D eigenvalue weighted by Gasteiger charge is -2.17. The Morgan fingerprint density at radius 3 is 2.50 bits per heavy atom. The van der Waals surface area contributed by atoms with Gasteiger partial charge in [0.05, 0.1) is 26.9 Å². The first-order chi connectivity index (χ1) is 13.4. The van der Waals surface area contributed by atoms with E-state index in [2.05, 4.69) is 0 Å². The summed E-state index contributed by atoms with van der Waals surface area (Å²) in [7, 11) is 2.98. The van der Waals surface area contributed by atoms with Crippen LogP contribution in [0.2, 0.25) is 0 Å². The molecule has 7 heteroatoms. The molecular formula is C21H27NO6. The molecule has 1 aromatic carbocycles. The number of carbonyl (C=O) groups excluding carboxylic acids is 2. The highest BCUT2D eigenvalue weighted by Gasteiger charge is 2.20. The maximum absolute atomic E-state index is 12.8. The molecule has 1 amide bonds. The Bertz CT molecular complexity index is 826. The summed E-state index contributed by atoms with van der Waals surface area (Å²) in [5, 5.41) is 0. The summed E-state index contributed by atoms with van der Waals surface area (Å²) in [6.45, 7) is 6.85. The Morgan fingerprint density at radius 1 is 1.11 bits per heavy atom. The van der Waals surface area contributed by atoms with E-state index in [-0.39, 0.29) is 12.5 Å². The predicted molar refractivity (Wildman–Crippen MR) is 104 cm³/mol. The van der Waals surface area contributed by atoms with Crippen molar-refractivity contribution in [3.63, 3.8) is 0 Å². The summed E-state index contributed by atoms with van der Waals surface area (Å²) in [6, 6.07) is 6.73. The summed E-state index contributed by atoms with van der Waals surface area (Å²) in [4.78, 5) is 26.0. The summed E-state index contributed by atoms with van der Waals surface area (Å²) in [6.07, 6.45) is 0.880. The van der Waals surface area contributed by atoms with Crippen molar-refractivity contribution < 1.29 is 28.2 Å². The van der Waals surface area contributed by atoms with Crippen LogP contribution in [0.1, 0.15) is 52.5 Å². The number of nitrogens with zero attached hydrogens (tertiary/aromatic N) is 1. The van der Waals surface area contributed by atoms with Gasteiger partial charge in [0.15, 0.2) is 11.5 Å². The normalized spacial score (nSPS) is 10.5. The van der Waals surface area contributed by atoms with Gasteiger partial charge in [0, 0.05) is 12.6 Å². The molecule has 0 radical (unpaired) electrons. The molecule has 2 aromatic rings. The Hall–Kier alpha value is -2.96. The zero-order valence-corrected chi connectivity index (χ0v) is 17.0. The maximum atomic E-state index is 12.8. The lowest BCUT2D eigenvalue weighted by molar-refractivity contribution is 0.0598. The largest absolute Gasteiger partial charge is 0.490 e. The number of esters is 1. The Labute approximate surface area is 165 Å². The van der Waals surface area contributed by atoms with Crippen molar-refractivity contribution in [3.8, 4) is 11.5 Å². The average molecular weight is 389 g/mol. The third-order valence-electron chi connectivity index (χ3n) is 4.07. The molecule has 0 aliphatic rings. The quantitative estimate of drug-likeness (QED) is 0.607. The second-order valence-corrected chi connectivity index (χ2v) is 6.28. The van der Waals surface area contributed by atoms with E-state index >= 15 is 0 Å². The van der Waals surface area contributed by atoms with Crippen molar-refractivity contribution in [2.45, 2.75) is 33.7 Å². The van der Waals surface area contributed by atoms with Crippen molar-refractivity contribution in [1.29, 1.82) is 0 Å². The van der Waals surface area contributed by atoms with E-state index in [1.54, 1.807) is 38.2 Å². The molecule has 0 spiro atoms. The topological polar surface area (TPSA) is 78.2 Å². The third-order valence-corrected chi connectivity index (χ3v) is 4.07. The van der Waals surface area contributed by atoms with Crippen molar-refractivity contribution in [2.75, 3.05) is 27.4 Å². The molecule has 0 atom stereocenters. The minimum absolute atomic E-state index is 0.198. The zero-order chi connectivity index (χ0) is 20.7. The lowest BCUT2D eigenvalue weighted by Crippen LogP contribution is -2.26. The van der Waals surface area contributed by atoms with Crippen molar-refractivity contribution in [2.24, 2.45) is 0 Å². The van der Waals surface area contributed by atoms with Gasteiger partial charge in [-0.2, -0.15) is 0 Å². The Balaban J connectivity index is 2.16. The molecule has 2 rings (SSSR count). The van der Waals surface area contributed by atoms with Gasteiger partial charge in [-0.15, -0.1) is 0 Å². The van der Waals surface area contributed by atoms with E-state index in [4.69, 9.17) is 18.6 Å². The van der Waals surface area contributed by atoms with Crippen LogP contribution >= 0.6 is 0 Å². The molecule has 28 heavy (non-hydrogen) atoms. The van der Waals surface area contributed by atoms with Gasteiger partial charge in [0.25, 0.3) is 5.91 Å². The minimum Gasteiger partial charge on any atom is -0.490 e. The molecule has 0 fully saturated rings. The lowest BCUT2D eigenvalue weighted by atomic mass is 10.1. The van der Waals surface area contributed by atoms with Crippen LogP contribution in [0, 0.1) is 6.92 Å². The maximum Gasteiger partial charge on any atom is 0.341 e. The molecule has 0 saturated carbocycles. The van der Waals surface area contributed by atoms with Gasteiger partial charge in [-0.25, -0.2) is 4.79 Å². The van der Waals surface area contributed by atoms with Gasteiger partial charge in [0.2, 0.25) is 0 Å². The Morgan fingerprint density at radius 2 is 1.86 bits per heavy atom. The first-order valence-electron chi connectivity index (χ1n) is 9.23. The highest BCUT2D eigenvalue weighted by Crippen LogP contribution is 2.29. The molecule has 0 N–H and O–H groups in total. The van der Waals surface area contributed by atoms with Crippen LogP contribution in [0.3, 0.4) is 0 Å². The van der Waals surface area contributed by atoms with Crippen LogP contribution in [-0.2, 0) is 11.3 Å². The average Bonchev–Trinajstić information content (AvgIpc) is 3.05. The predicted octanol–water partition coefficient (Wildman–Crippen LogP) is 3.83. The number of furan rings is 1. The van der Waals surface area contributed by atoms with Crippen molar-refractivity contribution >= 4 is 11.9 Å². The molecule has 1 aromatic heterocycles. The van der Waals surface area contributed by atoms with Crippen LogP contribution < -0.4 is 9.47 Å². The van der Waals surface area contributed by atoms with E-state index in [1.165, 1.54) is 12.0 Å². The van der Waals surface area contributed by atoms with Gasteiger partial charge in [-0.05, 0) is 44.5 Å². The molecule has 152 valence electrons.